The first kappa shape index (κ1) is 21.8. The number of aromatic nitrogens is 3. The zero-order valence-electron chi connectivity index (χ0n) is 16.1. The number of benzene rings is 2. The number of fused-ring (bicyclic) bond motifs is 1. The Labute approximate surface area is 173 Å². The molecule has 0 amide bonds. The lowest BCUT2D eigenvalue weighted by atomic mass is 10.0. The van der Waals surface area contributed by atoms with Crippen molar-refractivity contribution in [2.75, 3.05) is 5.32 Å². The molecule has 6 nitrogen and oxygen atoms in total. The highest BCUT2D eigenvalue weighted by molar-refractivity contribution is 5.89. The monoisotopic (exact) mass is 432 g/mol. The van der Waals surface area contributed by atoms with E-state index in [1.165, 1.54) is 0 Å². The summed E-state index contributed by atoms with van der Waals surface area (Å²) in [4.78, 5) is 13.1. The van der Waals surface area contributed by atoms with Gasteiger partial charge >= 0.3 is 12.1 Å². The molecule has 0 atom stereocenters. The molecule has 4 aromatic rings. The van der Waals surface area contributed by atoms with Gasteiger partial charge in [-0.3, -0.25) is 4.68 Å². The van der Waals surface area contributed by atoms with E-state index in [9.17, 15) is 17.6 Å². The summed E-state index contributed by atoms with van der Waals surface area (Å²) in [6.45, 7) is 0. The normalized spacial score (nSPS) is 11.0. The molecule has 0 saturated heterocycles. The third-order valence-electron chi connectivity index (χ3n) is 4.15. The van der Waals surface area contributed by atoms with E-state index in [1.54, 1.807) is 17.1 Å². The van der Waals surface area contributed by atoms with Crippen molar-refractivity contribution in [2.45, 2.75) is 6.18 Å². The number of halogens is 4. The van der Waals surface area contributed by atoms with Gasteiger partial charge in [-0.05, 0) is 23.8 Å². The first-order valence-electron chi connectivity index (χ1n) is 8.84. The predicted molar refractivity (Wildman–Crippen MR) is 107 cm³/mol. The topological polar surface area (TPSA) is 80.0 Å². The largest absolute Gasteiger partial charge is 0.490 e. The summed E-state index contributed by atoms with van der Waals surface area (Å²) >= 11 is 0. The van der Waals surface area contributed by atoms with Crippen LogP contribution in [0.5, 0.6) is 0 Å². The van der Waals surface area contributed by atoms with Crippen molar-refractivity contribution in [3.63, 3.8) is 0 Å². The third-order valence-corrected chi connectivity index (χ3v) is 4.15. The van der Waals surface area contributed by atoms with Gasteiger partial charge in [-0.1, -0.05) is 30.3 Å². The van der Waals surface area contributed by atoms with Gasteiger partial charge in [0.2, 0.25) is 0 Å². The number of carboxylic acids is 1. The zero-order chi connectivity index (χ0) is 22.6. The number of carbonyl (C=O) groups is 1. The maximum atomic E-state index is 14.9. The third kappa shape index (κ3) is 5.35. The van der Waals surface area contributed by atoms with Crippen LogP contribution < -0.4 is 5.32 Å². The molecule has 2 aromatic heterocycles. The van der Waals surface area contributed by atoms with Crippen LogP contribution in [0, 0.1) is 5.82 Å². The molecule has 2 N–H and O–H groups in total. The van der Waals surface area contributed by atoms with E-state index in [0.717, 1.165) is 22.2 Å². The molecule has 0 fully saturated rings. The number of carboxylic acid groups (broad SMARTS) is 1. The molecule has 2 heterocycles. The quantitative estimate of drug-likeness (QED) is 0.438. The molecular formula is C21H16F4N4O2. The Kier molecular flexibility index (Phi) is 6.19. The lowest BCUT2D eigenvalue weighted by Crippen LogP contribution is -2.21. The predicted octanol–water partition coefficient (Wildman–Crippen LogP) is 5.15. The average molecular weight is 432 g/mol. The van der Waals surface area contributed by atoms with Crippen molar-refractivity contribution < 1.29 is 27.5 Å². The molecule has 0 spiro atoms. The van der Waals surface area contributed by atoms with Gasteiger partial charge in [0.05, 0.1) is 6.20 Å². The van der Waals surface area contributed by atoms with Gasteiger partial charge in [0.15, 0.2) is 11.6 Å². The van der Waals surface area contributed by atoms with E-state index in [0.29, 0.717) is 5.39 Å². The van der Waals surface area contributed by atoms with Crippen molar-refractivity contribution in [1.29, 1.82) is 0 Å². The summed E-state index contributed by atoms with van der Waals surface area (Å²) in [6.07, 6.45) is 0.267. The fourth-order valence-corrected chi connectivity index (χ4v) is 2.67. The highest BCUT2D eigenvalue weighted by Crippen LogP contribution is 2.29. The van der Waals surface area contributed by atoms with E-state index in [4.69, 9.17) is 9.90 Å². The van der Waals surface area contributed by atoms with E-state index >= 15 is 0 Å². The van der Waals surface area contributed by atoms with Gasteiger partial charge in [-0.25, -0.2) is 14.2 Å². The van der Waals surface area contributed by atoms with E-state index in [2.05, 4.69) is 15.4 Å². The summed E-state index contributed by atoms with van der Waals surface area (Å²) in [5.74, 6) is -2.90. The Bertz CT molecular complexity index is 1210. The number of alkyl halides is 3. The first-order valence-corrected chi connectivity index (χ1v) is 8.84. The van der Waals surface area contributed by atoms with E-state index < -0.39 is 12.1 Å². The highest BCUT2D eigenvalue weighted by Gasteiger charge is 2.38. The second-order valence-electron chi connectivity index (χ2n) is 6.42. The summed E-state index contributed by atoms with van der Waals surface area (Å²) in [5.41, 5.74) is 2.67. The smallest absolute Gasteiger partial charge is 0.475 e. The molecule has 0 unspecified atom stereocenters. The number of para-hydroxylation sites is 1. The van der Waals surface area contributed by atoms with Crippen LogP contribution in [0.1, 0.15) is 0 Å². The van der Waals surface area contributed by atoms with Crippen LogP contribution in [0.2, 0.25) is 0 Å². The Hall–Kier alpha value is -3.95. The van der Waals surface area contributed by atoms with Crippen LogP contribution in [0.25, 0.3) is 21.9 Å². The second-order valence-corrected chi connectivity index (χ2v) is 6.42. The van der Waals surface area contributed by atoms with Crippen LogP contribution in [0.3, 0.4) is 0 Å². The molecule has 31 heavy (non-hydrogen) atoms. The highest BCUT2D eigenvalue weighted by atomic mass is 19.4. The van der Waals surface area contributed by atoms with Crippen LogP contribution >= 0.6 is 0 Å². The second kappa shape index (κ2) is 8.82. The van der Waals surface area contributed by atoms with Gasteiger partial charge in [0, 0.05) is 41.5 Å². The van der Waals surface area contributed by atoms with Crippen LogP contribution in [-0.2, 0) is 11.8 Å². The van der Waals surface area contributed by atoms with Crippen molar-refractivity contribution in [2.24, 2.45) is 7.05 Å². The molecule has 160 valence electrons. The number of hydrogen-bond acceptors (Lipinski definition) is 4. The minimum atomic E-state index is -5.08. The molecule has 0 aliphatic carbocycles. The number of hydrogen-bond donors (Lipinski definition) is 2. The number of aliphatic carboxylic acids is 1. The summed E-state index contributed by atoms with van der Waals surface area (Å²) in [6, 6.07) is 15.1. The summed E-state index contributed by atoms with van der Waals surface area (Å²) in [7, 11) is 1.86. The summed E-state index contributed by atoms with van der Waals surface area (Å²) in [5, 5.41) is 15.6. The molecule has 0 radical (unpaired) electrons. The average Bonchev–Trinajstić information content (AvgIpc) is 3.17. The van der Waals surface area contributed by atoms with Gasteiger partial charge in [-0.15, -0.1) is 0 Å². The van der Waals surface area contributed by atoms with Crippen molar-refractivity contribution in [1.82, 2.24) is 14.8 Å². The van der Waals surface area contributed by atoms with Crippen LogP contribution in [0.4, 0.5) is 29.1 Å². The number of anilines is 2. The Morgan fingerprint density at radius 3 is 2.32 bits per heavy atom. The molecule has 0 aliphatic rings. The Morgan fingerprint density at radius 2 is 1.74 bits per heavy atom. The van der Waals surface area contributed by atoms with Gasteiger partial charge in [-0.2, -0.15) is 18.3 Å². The zero-order valence-corrected chi connectivity index (χ0v) is 16.1. The van der Waals surface area contributed by atoms with E-state index in [1.807, 2.05) is 61.8 Å². The first-order chi connectivity index (χ1) is 14.6. The van der Waals surface area contributed by atoms with Gasteiger partial charge < -0.3 is 10.4 Å². The summed E-state index contributed by atoms with van der Waals surface area (Å²) < 4.78 is 48.4. The van der Waals surface area contributed by atoms with Crippen molar-refractivity contribution in [3.8, 4) is 11.1 Å². The maximum Gasteiger partial charge on any atom is 0.490 e. The number of pyridine rings is 1. The van der Waals surface area contributed by atoms with Crippen LogP contribution in [-0.4, -0.2) is 32.0 Å². The minimum Gasteiger partial charge on any atom is -0.475 e. The fourth-order valence-electron chi connectivity index (χ4n) is 2.67. The standard InChI is InChI=1S/C19H15FN4.C2HF3O2/c1-24-12-15(11-22-24)13-7-8-14-10-21-19(18(20)17(14)9-13)23-16-5-3-2-4-6-16;3-2(4,5)1(6)7/h2-12H,1H3,(H,21,23);(H,6,7). The van der Waals surface area contributed by atoms with Gasteiger partial charge in [0.1, 0.15) is 0 Å². The molecule has 2 aromatic carbocycles. The lowest BCUT2D eigenvalue weighted by Gasteiger charge is -2.09. The lowest BCUT2D eigenvalue weighted by molar-refractivity contribution is -0.192. The molecular weight excluding hydrogens is 416 g/mol. The number of nitrogens with one attached hydrogen (secondary N) is 1. The number of rotatable bonds is 3. The SMILES string of the molecule is Cn1cc(-c2ccc3cnc(Nc4ccccc4)c(F)c3c2)cn1.O=C(O)C(F)(F)F. The van der Waals surface area contributed by atoms with Crippen molar-refractivity contribution >= 4 is 28.2 Å². The Balaban J connectivity index is 0.000000339. The fraction of sp³-hybridized carbons (Fsp3) is 0.0952. The maximum absolute atomic E-state index is 14.9. The minimum absolute atomic E-state index is 0.219. The number of aryl methyl sites for hydroxylation is 1. The molecule has 10 heteroatoms. The molecule has 4 rings (SSSR count). The Morgan fingerprint density at radius 1 is 1.06 bits per heavy atom. The van der Waals surface area contributed by atoms with E-state index in [-0.39, 0.29) is 11.6 Å². The molecule has 0 saturated carbocycles. The molecule has 0 aliphatic heterocycles. The van der Waals surface area contributed by atoms with Crippen molar-refractivity contribution in [3.05, 3.63) is 72.9 Å². The number of nitrogens with zero attached hydrogens (tertiary/aromatic N) is 3. The molecule has 0 bridgehead atoms. The van der Waals surface area contributed by atoms with Crippen LogP contribution in [0.15, 0.2) is 67.1 Å². The van der Waals surface area contributed by atoms with Gasteiger partial charge in [0.25, 0.3) is 0 Å².